The lowest BCUT2D eigenvalue weighted by atomic mass is 9.85. The predicted octanol–water partition coefficient (Wildman–Crippen LogP) is 1.69. The van der Waals surface area contributed by atoms with Crippen LogP contribution in [0, 0.1) is 0 Å². The van der Waals surface area contributed by atoms with Crippen molar-refractivity contribution < 1.29 is 14.3 Å². The number of carbonyl (C=O) groups is 1. The number of esters is 1. The highest BCUT2D eigenvalue weighted by Gasteiger charge is 2.41. The van der Waals surface area contributed by atoms with Crippen molar-refractivity contribution in [3.8, 4) is 0 Å². The number of nitrogens with one attached hydrogen (secondary N) is 1. The fraction of sp³-hybridized carbons (Fsp3) is 0.615. The first-order valence-corrected chi connectivity index (χ1v) is 7.19. The molecule has 3 heterocycles. The molecule has 1 N–H and O–H groups in total. The summed E-state index contributed by atoms with van der Waals surface area (Å²) in [5.41, 5.74) is 1.73. The Morgan fingerprint density at radius 3 is 3.00 bits per heavy atom. The number of fused-ring (bicyclic) bond motifs is 2. The summed E-state index contributed by atoms with van der Waals surface area (Å²) in [7, 11) is 1.44. The molecule has 0 amide bonds. The van der Waals surface area contributed by atoms with Crippen LogP contribution in [0.2, 0.25) is 0 Å². The largest absolute Gasteiger partial charge is 0.465 e. The number of methoxy groups -OCH3 is 1. The van der Waals surface area contributed by atoms with Crippen LogP contribution in [0.4, 0.5) is 0 Å². The van der Waals surface area contributed by atoms with Crippen LogP contribution in [0.15, 0.2) is 5.38 Å². The fourth-order valence-electron chi connectivity index (χ4n) is 2.91. The minimum absolute atomic E-state index is 0.157. The average Bonchev–Trinajstić information content (AvgIpc) is 2.85. The van der Waals surface area contributed by atoms with Crippen LogP contribution in [0.25, 0.3) is 0 Å². The van der Waals surface area contributed by atoms with E-state index in [0.29, 0.717) is 6.61 Å². The summed E-state index contributed by atoms with van der Waals surface area (Å²) >= 11 is 1.65. The van der Waals surface area contributed by atoms with Gasteiger partial charge in [0.15, 0.2) is 0 Å². The molecule has 2 aliphatic rings. The van der Waals surface area contributed by atoms with E-state index in [1.807, 2.05) is 5.38 Å². The third-order valence-corrected chi connectivity index (χ3v) is 5.06. The van der Waals surface area contributed by atoms with Gasteiger partial charge in [0.2, 0.25) is 0 Å². The van der Waals surface area contributed by atoms with Gasteiger partial charge in [-0.15, -0.1) is 11.3 Å². The van der Waals surface area contributed by atoms with Crippen molar-refractivity contribution in [2.75, 3.05) is 26.8 Å². The number of hydrogen-bond donors (Lipinski definition) is 1. The SMILES string of the molecule is COC(=O)c1csc2c1CCOC21CCNCC1. The Morgan fingerprint density at radius 2 is 2.28 bits per heavy atom. The van der Waals surface area contributed by atoms with Gasteiger partial charge in [-0.25, -0.2) is 4.79 Å². The summed E-state index contributed by atoms with van der Waals surface area (Å²) in [5, 5.41) is 5.29. The molecule has 3 rings (SSSR count). The molecule has 5 heteroatoms. The van der Waals surface area contributed by atoms with Gasteiger partial charge < -0.3 is 14.8 Å². The summed E-state index contributed by atoms with van der Waals surface area (Å²) in [6.07, 6.45) is 2.79. The summed E-state index contributed by atoms with van der Waals surface area (Å²) < 4.78 is 10.9. The Hall–Kier alpha value is -0.910. The zero-order chi connectivity index (χ0) is 12.6. The first-order valence-electron chi connectivity index (χ1n) is 6.31. The van der Waals surface area contributed by atoms with Crippen LogP contribution in [-0.4, -0.2) is 32.8 Å². The second-order valence-corrected chi connectivity index (χ2v) is 5.67. The van der Waals surface area contributed by atoms with E-state index in [-0.39, 0.29) is 11.6 Å². The molecule has 0 atom stereocenters. The van der Waals surface area contributed by atoms with Crippen molar-refractivity contribution in [3.63, 3.8) is 0 Å². The first-order chi connectivity index (χ1) is 8.77. The molecular formula is C13H17NO3S. The van der Waals surface area contributed by atoms with E-state index in [1.54, 1.807) is 11.3 Å². The minimum atomic E-state index is -0.224. The van der Waals surface area contributed by atoms with Gasteiger partial charge in [0.05, 0.1) is 19.3 Å². The zero-order valence-corrected chi connectivity index (χ0v) is 11.3. The van der Waals surface area contributed by atoms with Gasteiger partial charge in [0, 0.05) is 10.3 Å². The van der Waals surface area contributed by atoms with Crippen molar-refractivity contribution in [2.45, 2.75) is 24.9 Å². The Kier molecular flexibility index (Phi) is 3.13. The fourth-order valence-corrected chi connectivity index (χ4v) is 4.22. The topological polar surface area (TPSA) is 47.6 Å². The molecule has 0 aromatic carbocycles. The number of hydrogen-bond acceptors (Lipinski definition) is 5. The third kappa shape index (κ3) is 1.77. The Balaban J connectivity index is 2.01. The Morgan fingerprint density at radius 1 is 1.50 bits per heavy atom. The van der Waals surface area contributed by atoms with E-state index in [0.717, 1.165) is 43.5 Å². The van der Waals surface area contributed by atoms with Crippen molar-refractivity contribution in [3.05, 3.63) is 21.4 Å². The first kappa shape index (κ1) is 12.1. The predicted molar refractivity (Wildman–Crippen MR) is 69.1 cm³/mol. The van der Waals surface area contributed by atoms with Crippen molar-refractivity contribution in [1.82, 2.24) is 5.32 Å². The molecule has 1 aromatic heterocycles. The highest BCUT2D eigenvalue weighted by molar-refractivity contribution is 7.10. The maximum absolute atomic E-state index is 11.7. The second kappa shape index (κ2) is 4.64. The molecule has 1 spiro atoms. The molecule has 2 aliphatic heterocycles. The van der Waals surface area contributed by atoms with Crippen LogP contribution in [0.5, 0.6) is 0 Å². The number of thiophene rings is 1. The van der Waals surface area contributed by atoms with Crippen molar-refractivity contribution in [1.29, 1.82) is 0 Å². The van der Waals surface area contributed by atoms with Crippen molar-refractivity contribution >= 4 is 17.3 Å². The second-order valence-electron chi connectivity index (χ2n) is 4.79. The average molecular weight is 267 g/mol. The zero-order valence-electron chi connectivity index (χ0n) is 10.5. The molecule has 1 fully saturated rings. The van der Waals surface area contributed by atoms with E-state index in [4.69, 9.17) is 9.47 Å². The summed E-state index contributed by atoms with van der Waals surface area (Å²) in [4.78, 5) is 13.0. The quantitative estimate of drug-likeness (QED) is 0.787. The highest BCUT2D eigenvalue weighted by atomic mass is 32.1. The Labute approximate surface area is 110 Å². The highest BCUT2D eigenvalue weighted by Crippen LogP contribution is 2.44. The molecule has 0 radical (unpaired) electrons. The van der Waals surface area contributed by atoms with E-state index in [1.165, 1.54) is 12.0 Å². The summed E-state index contributed by atoms with van der Waals surface area (Å²) in [6.45, 7) is 2.66. The molecule has 4 nitrogen and oxygen atoms in total. The van der Waals surface area contributed by atoms with Gasteiger partial charge in [-0.3, -0.25) is 0 Å². The number of piperidine rings is 1. The monoisotopic (exact) mass is 267 g/mol. The molecule has 18 heavy (non-hydrogen) atoms. The summed E-state index contributed by atoms with van der Waals surface area (Å²) in [5.74, 6) is -0.224. The molecule has 0 bridgehead atoms. The van der Waals surface area contributed by atoms with Gasteiger partial charge in [-0.05, 0) is 37.9 Å². The number of ether oxygens (including phenoxy) is 2. The van der Waals surface area contributed by atoms with Crippen LogP contribution < -0.4 is 5.32 Å². The molecule has 0 aliphatic carbocycles. The van der Waals surface area contributed by atoms with Gasteiger partial charge in [0.25, 0.3) is 0 Å². The van der Waals surface area contributed by atoms with Gasteiger partial charge in [-0.2, -0.15) is 0 Å². The molecule has 0 unspecified atom stereocenters. The van der Waals surface area contributed by atoms with Gasteiger partial charge in [0.1, 0.15) is 5.60 Å². The van der Waals surface area contributed by atoms with E-state index in [9.17, 15) is 4.79 Å². The van der Waals surface area contributed by atoms with E-state index >= 15 is 0 Å². The smallest absolute Gasteiger partial charge is 0.338 e. The van der Waals surface area contributed by atoms with Crippen molar-refractivity contribution in [2.24, 2.45) is 0 Å². The number of rotatable bonds is 1. The van der Waals surface area contributed by atoms with Gasteiger partial charge >= 0.3 is 5.97 Å². The molecule has 0 saturated carbocycles. The maximum Gasteiger partial charge on any atom is 0.338 e. The normalized spacial score (nSPS) is 21.6. The minimum Gasteiger partial charge on any atom is -0.465 e. The van der Waals surface area contributed by atoms with Crippen LogP contribution in [0.3, 0.4) is 0 Å². The van der Waals surface area contributed by atoms with Gasteiger partial charge in [-0.1, -0.05) is 0 Å². The van der Waals surface area contributed by atoms with Crippen LogP contribution >= 0.6 is 11.3 Å². The lowest BCUT2D eigenvalue weighted by molar-refractivity contribution is -0.0772. The van der Waals surface area contributed by atoms with E-state index in [2.05, 4.69) is 5.32 Å². The Bertz CT molecular complexity index is 463. The third-order valence-electron chi connectivity index (χ3n) is 3.85. The van der Waals surface area contributed by atoms with Crippen LogP contribution in [-0.2, 0) is 21.5 Å². The molecule has 1 aromatic rings. The van der Waals surface area contributed by atoms with Crippen LogP contribution in [0.1, 0.15) is 33.6 Å². The van der Waals surface area contributed by atoms with E-state index < -0.39 is 0 Å². The lowest BCUT2D eigenvalue weighted by Crippen LogP contribution is -2.44. The summed E-state index contributed by atoms with van der Waals surface area (Å²) in [6, 6.07) is 0. The molecule has 98 valence electrons. The lowest BCUT2D eigenvalue weighted by Gasteiger charge is -2.40. The molecule has 1 saturated heterocycles. The standard InChI is InChI=1S/C13H17NO3S/c1-16-12(15)10-8-18-11-9(10)2-7-17-13(11)3-5-14-6-4-13/h8,14H,2-7H2,1H3. The maximum atomic E-state index is 11.7. The molecular weight excluding hydrogens is 250 g/mol. The number of carbonyl (C=O) groups excluding carboxylic acids is 1.